The molecule has 3 aromatic heterocycles. The minimum Gasteiger partial charge on any atom is -0.348 e. The fourth-order valence-corrected chi connectivity index (χ4v) is 4.33. The SMILES string of the molecule is Cc1cc(C)nc(NNC(=O)c2cc3nc(N(C)C)n(-c4ccc(Br)cc4)c3s2)n1. The van der Waals surface area contributed by atoms with Crippen LogP contribution in [-0.2, 0) is 0 Å². The second kappa shape index (κ2) is 8.04. The fraction of sp³-hybridized carbons (Fsp3) is 0.200. The lowest BCUT2D eigenvalue weighted by atomic mass is 10.3. The molecular formula is C20H20BrN7OS. The molecule has 0 aliphatic carbocycles. The lowest BCUT2D eigenvalue weighted by molar-refractivity contribution is 0.0966. The van der Waals surface area contributed by atoms with Gasteiger partial charge in [0.05, 0.1) is 4.88 Å². The predicted molar refractivity (Wildman–Crippen MR) is 124 cm³/mol. The zero-order chi connectivity index (χ0) is 21.4. The highest BCUT2D eigenvalue weighted by Gasteiger charge is 2.20. The highest BCUT2D eigenvalue weighted by molar-refractivity contribution is 9.10. The number of carbonyl (C=O) groups is 1. The number of hydrogen-bond acceptors (Lipinski definition) is 7. The molecule has 0 fully saturated rings. The average Bonchev–Trinajstić information content (AvgIpc) is 3.24. The first kappa shape index (κ1) is 20.3. The highest BCUT2D eigenvalue weighted by Crippen LogP contribution is 2.33. The molecule has 8 nitrogen and oxygen atoms in total. The summed E-state index contributed by atoms with van der Waals surface area (Å²) in [5.74, 6) is 0.885. The van der Waals surface area contributed by atoms with Gasteiger partial charge in [-0.05, 0) is 50.2 Å². The summed E-state index contributed by atoms with van der Waals surface area (Å²) < 4.78 is 3.05. The van der Waals surface area contributed by atoms with Gasteiger partial charge in [0.15, 0.2) is 0 Å². The minimum atomic E-state index is -0.269. The predicted octanol–water partition coefficient (Wildman–Crippen LogP) is 4.08. The summed E-state index contributed by atoms with van der Waals surface area (Å²) in [6.45, 7) is 3.76. The van der Waals surface area contributed by atoms with Crippen LogP contribution in [0.5, 0.6) is 0 Å². The molecule has 0 aliphatic heterocycles. The van der Waals surface area contributed by atoms with Crippen molar-refractivity contribution in [2.24, 2.45) is 0 Å². The largest absolute Gasteiger partial charge is 0.348 e. The molecule has 4 aromatic rings. The zero-order valence-corrected chi connectivity index (χ0v) is 19.3. The van der Waals surface area contributed by atoms with Gasteiger partial charge in [0.2, 0.25) is 11.9 Å². The third kappa shape index (κ3) is 4.01. The Kier molecular flexibility index (Phi) is 5.44. The minimum absolute atomic E-state index is 0.269. The number of benzene rings is 1. The third-order valence-electron chi connectivity index (χ3n) is 4.30. The number of imidazole rings is 1. The maximum Gasteiger partial charge on any atom is 0.279 e. The Labute approximate surface area is 186 Å². The van der Waals surface area contributed by atoms with E-state index >= 15 is 0 Å². The van der Waals surface area contributed by atoms with Crippen molar-refractivity contribution >= 4 is 55.4 Å². The number of nitrogens with zero attached hydrogens (tertiary/aromatic N) is 5. The van der Waals surface area contributed by atoms with Crippen molar-refractivity contribution in [1.82, 2.24) is 24.9 Å². The number of hydrazine groups is 1. The Hall–Kier alpha value is -2.98. The van der Waals surface area contributed by atoms with E-state index in [9.17, 15) is 4.79 Å². The molecular weight excluding hydrogens is 466 g/mol. The normalized spacial score (nSPS) is 11.0. The van der Waals surface area contributed by atoms with E-state index in [-0.39, 0.29) is 5.91 Å². The number of hydrogen-bond donors (Lipinski definition) is 2. The van der Waals surface area contributed by atoms with Gasteiger partial charge in [-0.25, -0.2) is 15.0 Å². The molecule has 0 saturated carbocycles. The topological polar surface area (TPSA) is 88.0 Å². The first-order chi connectivity index (χ1) is 14.3. The van der Waals surface area contributed by atoms with Crippen LogP contribution in [0.1, 0.15) is 21.1 Å². The van der Waals surface area contributed by atoms with Crippen molar-refractivity contribution < 1.29 is 4.79 Å². The summed E-state index contributed by atoms with van der Waals surface area (Å²) in [5.41, 5.74) is 8.84. The molecule has 0 spiro atoms. The molecule has 30 heavy (non-hydrogen) atoms. The van der Waals surface area contributed by atoms with Gasteiger partial charge < -0.3 is 4.90 Å². The monoisotopic (exact) mass is 485 g/mol. The summed E-state index contributed by atoms with van der Waals surface area (Å²) in [6.07, 6.45) is 0. The summed E-state index contributed by atoms with van der Waals surface area (Å²) in [7, 11) is 3.89. The van der Waals surface area contributed by atoms with Gasteiger partial charge >= 0.3 is 0 Å². The number of amides is 1. The van der Waals surface area contributed by atoms with E-state index in [4.69, 9.17) is 4.98 Å². The van der Waals surface area contributed by atoms with E-state index < -0.39 is 0 Å². The highest BCUT2D eigenvalue weighted by atomic mass is 79.9. The Bertz CT molecular complexity index is 1210. The van der Waals surface area contributed by atoms with E-state index in [0.717, 1.165) is 37.8 Å². The molecule has 0 bridgehead atoms. The standard InChI is InChI=1S/C20H20BrN7OS/c1-11-9-12(2)23-19(22-11)26-25-17(29)16-10-15-18(30-16)28(20(24-15)27(3)4)14-7-5-13(21)6-8-14/h5-10H,1-4H3,(H,25,29)(H,22,23,26). The molecule has 0 unspecified atom stereocenters. The Morgan fingerprint density at radius 2 is 1.73 bits per heavy atom. The van der Waals surface area contributed by atoms with E-state index in [2.05, 4.69) is 36.7 Å². The average molecular weight is 486 g/mol. The van der Waals surface area contributed by atoms with Gasteiger partial charge in [-0.1, -0.05) is 15.9 Å². The quantitative estimate of drug-likeness (QED) is 0.414. The number of carbonyl (C=O) groups excluding carboxylic acids is 1. The van der Waals surface area contributed by atoms with Crippen LogP contribution in [0.3, 0.4) is 0 Å². The third-order valence-corrected chi connectivity index (χ3v) is 5.93. The van der Waals surface area contributed by atoms with Crippen LogP contribution < -0.4 is 15.8 Å². The molecule has 4 rings (SSSR count). The molecule has 0 radical (unpaired) electrons. The van der Waals surface area contributed by atoms with Gasteiger partial charge in [0.1, 0.15) is 10.3 Å². The lowest BCUT2D eigenvalue weighted by Gasteiger charge is -2.14. The first-order valence-corrected chi connectivity index (χ1v) is 10.8. The molecule has 1 amide bonds. The number of halogens is 1. The van der Waals surface area contributed by atoms with Crippen LogP contribution in [0.2, 0.25) is 0 Å². The number of thiophene rings is 1. The Balaban J connectivity index is 1.64. The maximum atomic E-state index is 12.7. The first-order valence-electron chi connectivity index (χ1n) is 9.16. The van der Waals surface area contributed by atoms with Crippen molar-refractivity contribution in [1.29, 1.82) is 0 Å². The lowest BCUT2D eigenvalue weighted by Crippen LogP contribution is -2.29. The molecule has 3 heterocycles. The van der Waals surface area contributed by atoms with Crippen LogP contribution in [-0.4, -0.2) is 39.5 Å². The van der Waals surface area contributed by atoms with Crippen LogP contribution >= 0.6 is 27.3 Å². The smallest absolute Gasteiger partial charge is 0.279 e. The Morgan fingerprint density at radius 1 is 1.07 bits per heavy atom. The van der Waals surface area contributed by atoms with Crippen molar-refractivity contribution in [3.05, 3.63) is 57.1 Å². The van der Waals surface area contributed by atoms with Gasteiger partial charge in [-0.2, -0.15) is 0 Å². The number of fused-ring (bicyclic) bond motifs is 1. The fourth-order valence-electron chi connectivity index (χ4n) is 3.05. The molecule has 0 atom stereocenters. The van der Waals surface area contributed by atoms with Crippen molar-refractivity contribution in [2.45, 2.75) is 13.8 Å². The summed E-state index contributed by atoms with van der Waals surface area (Å²) >= 11 is 4.85. The molecule has 0 saturated heterocycles. The van der Waals surface area contributed by atoms with Gasteiger partial charge in [-0.15, -0.1) is 11.3 Å². The van der Waals surface area contributed by atoms with Crippen molar-refractivity contribution in [3.8, 4) is 5.69 Å². The van der Waals surface area contributed by atoms with E-state index in [1.807, 2.05) is 67.7 Å². The Morgan fingerprint density at radius 3 is 2.37 bits per heavy atom. The van der Waals surface area contributed by atoms with Crippen LogP contribution in [0.4, 0.5) is 11.9 Å². The van der Waals surface area contributed by atoms with E-state index in [0.29, 0.717) is 10.8 Å². The maximum absolute atomic E-state index is 12.7. The van der Waals surface area contributed by atoms with Gasteiger partial charge in [0, 0.05) is 35.6 Å². The summed E-state index contributed by atoms with van der Waals surface area (Å²) in [5, 5.41) is 0. The van der Waals surface area contributed by atoms with Crippen LogP contribution in [0.15, 0.2) is 40.9 Å². The van der Waals surface area contributed by atoms with Gasteiger partial charge in [-0.3, -0.25) is 20.2 Å². The molecule has 10 heteroatoms. The van der Waals surface area contributed by atoms with Crippen LogP contribution in [0, 0.1) is 13.8 Å². The summed E-state index contributed by atoms with van der Waals surface area (Å²) in [6, 6.07) is 11.6. The van der Waals surface area contributed by atoms with E-state index in [1.165, 1.54) is 11.3 Å². The number of aromatic nitrogens is 4. The zero-order valence-electron chi connectivity index (χ0n) is 16.9. The molecule has 0 aliphatic rings. The van der Waals surface area contributed by atoms with E-state index in [1.54, 1.807) is 6.07 Å². The molecule has 2 N–H and O–H groups in total. The second-order valence-corrected chi connectivity index (χ2v) is 8.92. The number of nitrogens with one attached hydrogen (secondary N) is 2. The van der Waals surface area contributed by atoms with Crippen LogP contribution in [0.25, 0.3) is 16.0 Å². The van der Waals surface area contributed by atoms with Crippen molar-refractivity contribution in [3.63, 3.8) is 0 Å². The summed E-state index contributed by atoms with van der Waals surface area (Å²) in [4.78, 5) is 29.3. The molecule has 154 valence electrons. The number of aryl methyl sites for hydroxylation is 2. The van der Waals surface area contributed by atoms with Crippen molar-refractivity contribution in [2.75, 3.05) is 24.4 Å². The number of anilines is 2. The molecule has 1 aromatic carbocycles. The van der Waals surface area contributed by atoms with Gasteiger partial charge in [0.25, 0.3) is 5.91 Å². The second-order valence-electron chi connectivity index (χ2n) is 6.97. The number of rotatable bonds is 5.